The van der Waals surface area contributed by atoms with Gasteiger partial charge in [0.25, 0.3) is 0 Å². The zero-order chi connectivity index (χ0) is 22.0. The molecule has 0 spiro atoms. The van der Waals surface area contributed by atoms with E-state index in [1.807, 2.05) is 24.3 Å². The van der Waals surface area contributed by atoms with Crippen LogP contribution in [0.5, 0.6) is 11.5 Å². The maximum atomic E-state index is 12.5. The van der Waals surface area contributed by atoms with E-state index < -0.39 is 0 Å². The molecule has 2 aromatic carbocycles. The fourth-order valence-corrected chi connectivity index (χ4v) is 5.23. The van der Waals surface area contributed by atoms with Gasteiger partial charge in [-0.2, -0.15) is 5.10 Å². The van der Waals surface area contributed by atoms with Crippen LogP contribution in [0.15, 0.2) is 41.5 Å². The molecule has 164 valence electrons. The summed E-state index contributed by atoms with van der Waals surface area (Å²) in [5.74, 6) is 1.79. The van der Waals surface area contributed by atoms with Gasteiger partial charge in [-0.3, -0.25) is 4.79 Å². The molecule has 1 amide bonds. The van der Waals surface area contributed by atoms with Crippen molar-refractivity contribution < 1.29 is 14.3 Å². The molecule has 5 nitrogen and oxygen atoms in total. The van der Waals surface area contributed by atoms with E-state index >= 15 is 0 Å². The molecule has 31 heavy (non-hydrogen) atoms. The number of benzene rings is 2. The zero-order valence-corrected chi connectivity index (χ0v) is 19.2. The van der Waals surface area contributed by atoms with Gasteiger partial charge < -0.3 is 9.47 Å². The van der Waals surface area contributed by atoms with Crippen LogP contribution in [0.3, 0.4) is 0 Å². The summed E-state index contributed by atoms with van der Waals surface area (Å²) < 4.78 is 11.3. The molecule has 1 N–H and O–H groups in total. The number of carbonyl (C=O) groups excluding carboxylic acids is 1. The summed E-state index contributed by atoms with van der Waals surface area (Å²) in [7, 11) is 1.58. The first-order valence-electron chi connectivity index (χ1n) is 10.5. The number of halogens is 2. The van der Waals surface area contributed by atoms with Crippen LogP contribution >= 0.6 is 23.2 Å². The molecule has 2 fully saturated rings. The average molecular weight is 461 g/mol. The molecular weight excluding hydrogens is 435 g/mol. The maximum absolute atomic E-state index is 12.5. The summed E-state index contributed by atoms with van der Waals surface area (Å²) in [6.45, 7) is 2.52. The first kappa shape index (κ1) is 22.0. The smallest absolute Gasteiger partial charge is 0.244 e. The third kappa shape index (κ3) is 4.68. The molecule has 0 aromatic heterocycles. The number of fused-ring (bicyclic) bond motifs is 1. The second-order valence-electron chi connectivity index (χ2n) is 8.50. The van der Waals surface area contributed by atoms with Crippen molar-refractivity contribution in [3.63, 3.8) is 0 Å². The third-order valence-corrected chi connectivity index (χ3v) is 7.18. The van der Waals surface area contributed by atoms with Gasteiger partial charge >= 0.3 is 0 Å². The van der Waals surface area contributed by atoms with Gasteiger partial charge in [-0.1, -0.05) is 49.0 Å². The number of nitrogens with one attached hydrogen (secondary N) is 1. The number of hydrogen-bond acceptors (Lipinski definition) is 4. The molecule has 4 rings (SSSR count). The highest BCUT2D eigenvalue weighted by Crippen LogP contribution is 2.66. The van der Waals surface area contributed by atoms with Gasteiger partial charge in [0.15, 0.2) is 11.5 Å². The lowest BCUT2D eigenvalue weighted by molar-refractivity contribution is -0.123. The first-order chi connectivity index (χ1) is 14.9. The van der Waals surface area contributed by atoms with Crippen molar-refractivity contribution in [2.24, 2.45) is 22.4 Å². The van der Waals surface area contributed by atoms with Crippen LogP contribution in [0.2, 0.25) is 10.0 Å². The number of methoxy groups -OCH3 is 1. The summed E-state index contributed by atoms with van der Waals surface area (Å²) in [6, 6.07) is 10.8. The Morgan fingerprint density at radius 3 is 2.77 bits per heavy atom. The van der Waals surface area contributed by atoms with Gasteiger partial charge in [-0.25, -0.2) is 5.43 Å². The van der Waals surface area contributed by atoms with Crippen molar-refractivity contribution in [1.82, 2.24) is 5.43 Å². The van der Waals surface area contributed by atoms with Crippen molar-refractivity contribution in [1.29, 1.82) is 0 Å². The van der Waals surface area contributed by atoms with Crippen molar-refractivity contribution >= 4 is 35.3 Å². The minimum Gasteiger partial charge on any atom is -0.493 e. The maximum Gasteiger partial charge on any atom is 0.244 e. The van der Waals surface area contributed by atoms with Crippen molar-refractivity contribution in [3.05, 3.63) is 57.6 Å². The second kappa shape index (κ2) is 9.09. The minimum atomic E-state index is 0.0254. The van der Waals surface area contributed by atoms with E-state index in [1.165, 1.54) is 12.8 Å². The Bertz CT molecular complexity index is 1010. The Kier molecular flexibility index (Phi) is 6.44. The fourth-order valence-electron chi connectivity index (χ4n) is 4.77. The Morgan fingerprint density at radius 2 is 2.06 bits per heavy atom. The van der Waals surface area contributed by atoms with Gasteiger partial charge in [-0.15, -0.1) is 0 Å². The molecule has 0 bridgehead atoms. The predicted molar refractivity (Wildman–Crippen MR) is 123 cm³/mol. The number of hydrogen-bond donors (Lipinski definition) is 1. The van der Waals surface area contributed by atoms with E-state index in [9.17, 15) is 4.79 Å². The molecule has 0 heterocycles. The van der Waals surface area contributed by atoms with E-state index in [-0.39, 0.29) is 23.8 Å². The Labute approximate surface area is 192 Å². The number of nitrogens with zero attached hydrogens (tertiary/aromatic N) is 1. The molecule has 2 aliphatic rings. The topological polar surface area (TPSA) is 59.9 Å². The molecule has 7 heteroatoms. The summed E-state index contributed by atoms with van der Waals surface area (Å²) >= 11 is 12.1. The lowest BCUT2D eigenvalue weighted by atomic mass is 9.90. The van der Waals surface area contributed by atoms with Crippen molar-refractivity contribution in [2.75, 3.05) is 7.11 Å². The van der Waals surface area contributed by atoms with E-state index in [1.54, 1.807) is 25.5 Å². The van der Waals surface area contributed by atoms with Gasteiger partial charge in [0.05, 0.1) is 13.3 Å². The minimum absolute atomic E-state index is 0.0254. The lowest BCUT2D eigenvalue weighted by Gasteiger charge is -2.15. The molecule has 2 aliphatic carbocycles. The van der Waals surface area contributed by atoms with Crippen molar-refractivity contribution in [2.45, 2.75) is 39.2 Å². The molecule has 0 saturated heterocycles. The SMILES string of the molecule is COc1cc(/C=N/NC(=O)[C@@H]2[C@@H]3CCCC[C@]23C)ccc1OCc1ccc(Cl)cc1Cl. The number of amides is 1. The molecule has 2 saturated carbocycles. The highest BCUT2D eigenvalue weighted by atomic mass is 35.5. The van der Waals surface area contributed by atoms with E-state index in [0.29, 0.717) is 27.5 Å². The molecular formula is C24H26Cl2N2O3. The second-order valence-corrected chi connectivity index (χ2v) is 9.35. The quantitative estimate of drug-likeness (QED) is 0.415. The first-order valence-corrected chi connectivity index (χ1v) is 11.3. The molecule has 0 unspecified atom stereocenters. The van der Waals surface area contributed by atoms with E-state index in [4.69, 9.17) is 32.7 Å². The standard InChI is InChI=1S/C24H26Cl2N2O3/c1-24-10-4-3-5-18(24)22(24)23(29)28-27-13-15-6-9-20(21(11-15)30-2)31-14-16-7-8-17(25)12-19(16)26/h6-9,11-13,18,22H,3-5,10,14H2,1-2H3,(H,28,29)/b27-13+/t18-,22-,24-/m0/s1. The predicted octanol–water partition coefficient (Wildman–Crippen LogP) is 5.86. The van der Waals surface area contributed by atoms with E-state index in [2.05, 4.69) is 17.5 Å². The van der Waals surface area contributed by atoms with Crippen LogP contribution < -0.4 is 14.9 Å². The monoisotopic (exact) mass is 460 g/mol. The molecule has 0 aliphatic heterocycles. The van der Waals surface area contributed by atoms with Gasteiger partial charge in [0, 0.05) is 21.5 Å². The normalized spacial score (nSPS) is 24.5. The van der Waals surface area contributed by atoms with Crippen LogP contribution in [0.25, 0.3) is 0 Å². The number of ether oxygens (including phenoxy) is 2. The highest BCUT2D eigenvalue weighted by Gasteiger charge is 2.64. The largest absolute Gasteiger partial charge is 0.493 e. The van der Waals surface area contributed by atoms with Gasteiger partial charge in [0.1, 0.15) is 6.61 Å². The van der Waals surface area contributed by atoms with E-state index in [0.717, 1.165) is 24.0 Å². The summed E-state index contributed by atoms with van der Waals surface area (Å²) in [5, 5.41) is 5.29. The summed E-state index contributed by atoms with van der Waals surface area (Å²) in [4.78, 5) is 12.5. The van der Waals surface area contributed by atoms with Crippen LogP contribution in [0.4, 0.5) is 0 Å². The van der Waals surface area contributed by atoms with Gasteiger partial charge in [-0.05, 0) is 60.1 Å². The summed E-state index contributed by atoms with van der Waals surface area (Å²) in [5.41, 5.74) is 4.52. The molecule has 0 radical (unpaired) electrons. The number of hydrazone groups is 1. The van der Waals surface area contributed by atoms with Crippen LogP contribution in [0.1, 0.15) is 43.7 Å². The molecule has 3 atom stereocenters. The Hall–Kier alpha value is -2.24. The van der Waals surface area contributed by atoms with Crippen LogP contribution in [-0.2, 0) is 11.4 Å². The van der Waals surface area contributed by atoms with Crippen LogP contribution in [-0.4, -0.2) is 19.2 Å². The van der Waals surface area contributed by atoms with Gasteiger partial charge in [0.2, 0.25) is 5.91 Å². The fraction of sp³-hybridized carbons (Fsp3) is 0.417. The Balaban J connectivity index is 1.36. The number of rotatable bonds is 7. The Morgan fingerprint density at radius 1 is 1.23 bits per heavy atom. The third-order valence-electron chi connectivity index (χ3n) is 6.59. The zero-order valence-electron chi connectivity index (χ0n) is 17.7. The summed E-state index contributed by atoms with van der Waals surface area (Å²) in [6.07, 6.45) is 6.36. The van der Waals surface area contributed by atoms with Crippen LogP contribution in [0, 0.1) is 17.3 Å². The van der Waals surface area contributed by atoms with Crippen molar-refractivity contribution in [3.8, 4) is 11.5 Å². The average Bonchev–Trinajstić information content (AvgIpc) is 3.39. The lowest BCUT2D eigenvalue weighted by Crippen LogP contribution is -2.22. The number of carbonyl (C=O) groups is 1. The highest BCUT2D eigenvalue weighted by molar-refractivity contribution is 6.35. The molecule has 2 aromatic rings.